The Balaban J connectivity index is 1.68. The summed E-state index contributed by atoms with van der Waals surface area (Å²) in [5.41, 5.74) is 0.900. The van der Waals surface area contributed by atoms with Crippen LogP contribution in [0, 0.1) is 0 Å². The molecule has 1 saturated heterocycles. The molecule has 37 heavy (non-hydrogen) atoms. The lowest BCUT2D eigenvalue weighted by atomic mass is 9.95. The minimum Gasteiger partial charge on any atom is -0.496 e. The highest BCUT2D eigenvalue weighted by atomic mass is 79.9. The molecule has 1 atom stereocenters. The quantitative estimate of drug-likeness (QED) is 0.411. The van der Waals surface area contributed by atoms with E-state index in [2.05, 4.69) is 25.8 Å². The van der Waals surface area contributed by atoms with Crippen LogP contribution in [0.25, 0.3) is 6.08 Å². The van der Waals surface area contributed by atoms with Gasteiger partial charge in [0.1, 0.15) is 17.6 Å². The second kappa shape index (κ2) is 10.5. The molecule has 1 aromatic carbocycles. The summed E-state index contributed by atoms with van der Waals surface area (Å²) in [5, 5.41) is 0.438. The predicted molar refractivity (Wildman–Crippen MR) is 143 cm³/mol. The Kier molecular flexibility index (Phi) is 7.30. The zero-order chi connectivity index (χ0) is 26.3. The van der Waals surface area contributed by atoms with Crippen molar-refractivity contribution >= 4 is 56.8 Å². The third kappa shape index (κ3) is 4.76. The third-order valence-corrected chi connectivity index (χ3v) is 7.96. The number of carbonyl (C=O) groups is 1. The van der Waals surface area contributed by atoms with Gasteiger partial charge in [-0.1, -0.05) is 22.9 Å². The summed E-state index contributed by atoms with van der Waals surface area (Å²) < 4.78 is 24.8. The van der Waals surface area contributed by atoms with Gasteiger partial charge in [0.15, 0.2) is 4.80 Å². The number of halogens is 2. The predicted octanol–water partition coefficient (Wildman–Crippen LogP) is 3.26. The van der Waals surface area contributed by atoms with Gasteiger partial charge < -0.3 is 23.5 Å². The summed E-state index contributed by atoms with van der Waals surface area (Å²) in [7, 11) is 2.81. The summed E-state index contributed by atoms with van der Waals surface area (Å²) >= 11 is 11.1. The van der Waals surface area contributed by atoms with E-state index in [0.717, 1.165) is 4.47 Å². The molecule has 2 aliphatic rings. The Morgan fingerprint density at radius 1 is 1.27 bits per heavy atom. The van der Waals surface area contributed by atoms with Crippen molar-refractivity contribution in [2.45, 2.75) is 13.0 Å². The van der Waals surface area contributed by atoms with E-state index >= 15 is 0 Å². The number of nitrogens with zero attached hydrogens (tertiary/aromatic N) is 3. The summed E-state index contributed by atoms with van der Waals surface area (Å²) in [5.74, 6) is 1.09. The smallest absolute Gasteiger partial charge is 0.338 e. The van der Waals surface area contributed by atoms with Crippen molar-refractivity contribution in [3.8, 4) is 5.75 Å². The number of carbonyl (C=O) groups excluding carboxylic acids is 1. The number of thiazole rings is 1. The number of furan rings is 1. The number of benzene rings is 1. The van der Waals surface area contributed by atoms with Crippen molar-refractivity contribution in [1.82, 2.24) is 4.57 Å². The molecule has 0 unspecified atom stereocenters. The van der Waals surface area contributed by atoms with Gasteiger partial charge in [-0.3, -0.25) is 9.36 Å². The molecule has 0 N–H and O–H groups in total. The number of esters is 1. The minimum absolute atomic E-state index is 0.234. The molecule has 0 saturated carbocycles. The van der Waals surface area contributed by atoms with Crippen LogP contribution in [-0.2, 0) is 14.3 Å². The van der Waals surface area contributed by atoms with E-state index < -0.39 is 12.0 Å². The van der Waals surface area contributed by atoms with Gasteiger partial charge in [-0.2, -0.15) is 0 Å². The standard InChI is InChI=1S/C25H23BrClN3O6S/c1-13-20(24(32)34-3)21(16-10-14(27)4-5-18(16)33-2)30-22(31)19(37-25(30)28-13)12-15-11-17(26)23(36-15)29-6-8-35-9-7-29/h4-5,10-12,21H,6-9H2,1-3H3/b19-12-/t21-/m1/s1. The monoisotopic (exact) mass is 607 g/mol. The van der Waals surface area contributed by atoms with E-state index in [1.54, 1.807) is 31.2 Å². The Labute approximate surface area is 229 Å². The third-order valence-electron chi connectivity index (χ3n) is 6.17. The highest BCUT2D eigenvalue weighted by Gasteiger charge is 2.35. The molecule has 0 spiro atoms. The fraction of sp³-hybridized carbons (Fsp3) is 0.320. The number of rotatable bonds is 5. The zero-order valence-electron chi connectivity index (χ0n) is 20.2. The summed E-state index contributed by atoms with van der Waals surface area (Å²) in [4.78, 5) is 33.8. The number of fused-ring (bicyclic) bond motifs is 1. The van der Waals surface area contributed by atoms with Gasteiger partial charge >= 0.3 is 5.97 Å². The van der Waals surface area contributed by atoms with E-state index in [9.17, 15) is 9.59 Å². The Morgan fingerprint density at radius 3 is 2.73 bits per heavy atom. The Bertz CT molecular complexity index is 1580. The van der Waals surface area contributed by atoms with Gasteiger partial charge in [0.05, 0.1) is 47.7 Å². The fourth-order valence-corrected chi connectivity index (χ4v) is 6.23. The van der Waals surface area contributed by atoms with Crippen molar-refractivity contribution in [3.63, 3.8) is 0 Å². The maximum absolute atomic E-state index is 13.8. The van der Waals surface area contributed by atoms with Crippen LogP contribution in [0.5, 0.6) is 5.75 Å². The second-order valence-corrected chi connectivity index (χ2v) is 10.7. The van der Waals surface area contributed by atoms with Gasteiger partial charge in [-0.15, -0.1) is 0 Å². The van der Waals surface area contributed by atoms with Crippen molar-refractivity contribution in [3.05, 3.63) is 76.0 Å². The van der Waals surface area contributed by atoms with Crippen molar-refractivity contribution < 1.29 is 23.4 Å². The Morgan fingerprint density at radius 2 is 2.03 bits per heavy atom. The number of allylic oxidation sites excluding steroid dienone is 1. The maximum Gasteiger partial charge on any atom is 0.338 e. The van der Waals surface area contributed by atoms with Crippen LogP contribution >= 0.6 is 38.9 Å². The van der Waals surface area contributed by atoms with Gasteiger partial charge in [0.25, 0.3) is 5.56 Å². The van der Waals surface area contributed by atoms with Crippen molar-refractivity contribution in [2.24, 2.45) is 4.99 Å². The van der Waals surface area contributed by atoms with E-state index in [-0.39, 0.29) is 11.1 Å². The molecule has 0 amide bonds. The fourth-order valence-electron chi connectivity index (χ4n) is 4.46. The van der Waals surface area contributed by atoms with Gasteiger partial charge in [-0.25, -0.2) is 9.79 Å². The van der Waals surface area contributed by atoms with Crippen LogP contribution in [-0.4, -0.2) is 51.1 Å². The Hall–Kier alpha value is -2.86. The van der Waals surface area contributed by atoms with E-state index in [1.165, 1.54) is 30.1 Å². The molecule has 4 heterocycles. The van der Waals surface area contributed by atoms with Crippen LogP contribution in [0.3, 0.4) is 0 Å². The number of anilines is 1. The van der Waals surface area contributed by atoms with Gasteiger partial charge in [-0.05, 0) is 41.1 Å². The molecular formula is C25H23BrClN3O6S. The molecule has 5 rings (SSSR count). The van der Waals surface area contributed by atoms with Crippen LogP contribution < -0.4 is 24.5 Å². The molecule has 3 aromatic rings. The van der Waals surface area contributed by atoms with Gasteiger partial charge in [0, 0.05) is 35.8 Å². The van der Waals surface area contributed by atoms with E-state index in [0.29, 0.717) is 69.3 Å². The first-order valence-corrected chi connectivity index (χ1v) is 13.4. The largest absolute Gasteiger partial charge is 0.496 e. The lowest BCUT2D eigenvalue weighted by Gasteiger charge is -2.26. The van der Waals surface area contributed by atoms with Crippen LogP contribution in [0.4, 0.5) is 5.88 Å². The first-order valence-electron chi connectivity index (χ1n) is 11.4. The molecule has 2 aliphatic heterocycles. The number of hydrogen-bond acceptors (Lipinski definition) is 9. The second-order valence-electron chi connectivity index (χ2n) is 8.36. The lowest BCUT2D eigenvalue weighted by molar-refractivity contribution is -0.136. The molecule has 2 aromatic heterocycles. The van der Waals surface area contributed by atoms with E-state index in [4.69, 9.17) is 30.2 Å². The van der Waals surface area contributed by atoms with Crippen LogP contribution in [0.2, 0.25) is 5.02 Å². The molecule has 0 aliphatic carbocycles. The van der Waals surface area contributed by atoms with E-state index in [1.807, 2.05) is 6.07 Å². The molecule has 194 valence electrons. The van der Waals surface area contributed by atoms with Crippen LogP contribution in [0.1, 0.15) is 24.3 Å². The molecule has 1 fully saturated rings. The number of aromatic nitrogens is 1. The van der Waals surface area contributed by atoms with Gasteiger partial charge in [0.2, 0.25) is 5.88 Å². The normalized spacial score (nSPS) is 18.0. The summed E-state index contributed by atoms with van der Waals surface area (Å²) in [6.45, 7) is 4.38. The maximum atomic E-state index is 13.8. The molecule has 9 nitrogen and oxygen atoms in total. The number of morpholine rings is 1. The molecule has 12 heteroatoms. The number of ether oxygens (including phenoxy) is 3. The van der Waals surface area contributed by atoms with Crippen LogP contribution in [0.15, 0.2) is 54.2 Å². The lowest BCUT2D eigenvalue weighted by Crippen LogP contribution is -2.40. The first kappa shape index (κ1) is 25.8. The highest BCUT2D eigenvalue weighted by molar-refractivity contribution is 9.10. The van der Waals surface area contributed by atoms with Crippen molar-refractivity contribution in [2.75, 3.05) is 45.4 Å². The summed E-state index contributed by atoms with van der Waals surface area (Å²) in [6.07, 6.45) is 1.68. The molecule has 0 bridgehead atoms. The SMILES string of the molecule is COC(=O)C1=C(C)N=c2s/c(=C\c3cc(Br)c(N4CCOCC4)o3)c(=O)n2[C@@H]1c1cc(Cl)ccc1OC. The first-order chi connectivity index (χ1) is 17.8. The molecule has 0 radical (unpaired) electrons. The summed E-state index contributed by atoms with van der Waals surface area (Å²) in [6, 6.07) is 6.05. The van der Waals surface area contributed by atoms with Crippen molar-refractivity contribution in [1.29, 1.82) is 0 Å². The highest BCUT2D eigenvalue weighted by Crippen LogP contribution is 2.37. The molecular weight excluding hydrogens is 586 g/mol. The minimum atomic E-state index is -0.841. The zero-order valence-corrected chi connectivity index (χ0v) is 23.4. The topological polar surface area (TPSA) is 95.5 Å². The average Bonchev–Trinajstić information content (AvgIpc) is 3.41. The number of methoxy groups -OCH3 is 2. The average molecular weight is 609 g/mol. The number of hydrogen-bond donors (Lipinski definition) is 0.